The summed E-state index contributed by atoms with van der Waals surface area (Å²) in [6, 6.07) is 13.8. The van der Waals surface area contributed by atoms with E-state index in [9.17, 15) is 9.59 Å². The second-order valence-corrected chi connectivity index (χ2v) is 7.13. The van der Waals surface area contributed by atoms with Crippen LogP contribution in [0.5, 0.6) is 0 Å². The summed E-state index contributed by atoms with van der Waals surface area (Å²) in [6.45, 7) is 1.55. The number of allylic oxidation sites excluding steroid dienone is 1. The Balaban J connectivity index is 1.43. The fourth-order valence-electron chi connectivity index (χ4n) is 4.03. The Morgan fingerprint density at radius 1 is 1.00 bits per heavy atom. The average molecular weight is 361 g/mol. The fourth-order valence-corrected chi connectivity index (χ4v) is 4.03. The lowest BCUT2D eigenvalue weighted by molar-refractivity contribution is -0.139. The number of cyclic esters (lactones) is 1. The van der Waals surface area contributed by atoms with Crippen molar-refractivity contribution in [2.45, 2.75) is 32.0 Å². The number of carbonyl (C=O) groups is 2. The maximum Gasteiger partial charge on any atom is 0.323 e. The minimum Gasteiger partial charge on any atom is -0.487 e. The van der Waals surface area contributed by atoms with E-state index in [0.29, 0.717) is 43.9 Å². The van der Waals surface area contributed by atoms with Gasteiger partial charge in [-0.2, -0.15) is 0 Å². The van der Waals surface area contributed by atoms with Crippen molar-refractivity contribution in [2.24, 2.45) is 0 Å². The summed E-state index contributed by atoms with van der Waals surface area (Å²) < 4.78 is 10.9. The quantitative estimate of drug-likeness (QED) is 0.673. The van der Waals surface area contributed by atoms with Crippen molar-refractivity contribution in [1.82, 2.24) is 5.32 Å². The molecule has 3 aliphatic rings. The molecular weight excluding hydrogens is 342 g/mol. The lowest BCUT2D eigenvalue weighted by Crippen LogP contribution is -2.32. The molecule has 1 saturated heterocycles. The first-order valence-electron chi connectivity index (χ1n) is 9.21. The molecule has 1 atom stereocenters. The second kappa shape index (κ2) is 6.35. The van der Waals surface area contributed by atoms with E-state index in [1.807, 2.05) is 36.4 Å². The zero-order valence-electron chi connectivity index (χ0n) is 14.8. The van der Waals surface area contributed by atoms with Crippen molar-refractivity contribution in [1.29, 1.82) is 0 Å². The Labute approximate surface area is 157 Å². The van der Waals surface area contributed by atoms with Crippen molar-refractivity contribution < 1.29 is 19.1 Å². The molecule has 5 rings (SSSR count). The first-order valence-corrected chi connectivity index (χ1v) is 9.21. The highest BCUT2D eigenvalue weighted by Crippen LogP contribution is 2.40. The maximum absolute atomic E-state index is 12.6. The first kappa shape index (κ1) is 16.3. The van der Waals surface area contributed by atoms with Crippen LogP contribution in [0.15, 0.2) is 42.5 Å². The normalized spacial score (nSPS) is 23.2. The SMILES string of the molecule is O=C1Cc2ccccc2/C1=C1\OCc2cc(CNC3CCOC3=O)ccc21. The predicted octanol–water partition coefficient (Wildman–Crippen LogP) is 2.62. The van der Waals surface area contributed by atoms with E-state index in [2.05, 4.69) is 11.4 Å². The minimum atomic E-state index is -0.222. The van der Waals surface area contributed by atoms with E-state index in [1.165, 1.54) is 0 Å². The summed E-state index contributed by atoms with van der Waals surface area (Å²) in [5.74, 6) is 0.633. The molecule has 2 aromatic rings. The molecule has 0 radical (unpaired) electrons. The van der Waals surface area contributed by atoms with Gasteiger partial charge in [0.05, 0.1) is 12.2 Å². The molecule has 5 heteroatoms. The summed E-state index contributed by atoms with van der Waals surface area (Å²) in [7, 11) is 0. The van der Waals surface area contributed by atoms with Gasteiger partial charge in [-0.15, -0.1) is 0 Å². The smallest absolute Gasteiger partial charge is 0.323 e. The molecule has 1 aliphatic carbocycles. The van der Waals surface area contributed by atoms with Crippen LogP contribution in [0.2, 0.25) is 0 Å². The monoisotopic (exact) mass is 361 g/mol. The van der Waals surface area contributed by atoms with Gasteiger partial charge in [0.2, 0.25) is 0 Å². The van der Waals surface area contributed by atoms with E-state index < -0.39 is 0 Å². The summed E-state index contributed by atoms with van der Waals surface area (Å²) in [6.07, 6.45) is 1.15. The zero-order chi connectivity index (χ0) is 18.4. The Hall–Kier alpha value is -2.92. The Kier molecular flexibility index (Phi) is 3.83. The molecule has 27 heavy (non-hydrogen) atoms. The summed E-state index contributed by atoms with van der Waals surface area (Å²) in [5.41, 5.74) is 5.88. The van der Waals surface area contributed by atoms with Gasteiger partial charge in [-0.1, -0.05) is 42.5 Å². The number of benzene rings is 2. The van der Waals surface area contributed by atoms with Gasteiger partial charge in [-0.25, -0.2) is 0 Å². The maximum atomic E-state index is 12.6. The van der Waals surface area contributed by atoms with Gasteiger partial charge in [-0.05, 0) is 16.7 Å². The van der Waals surface area contributed by atoms with Gasteiger partial charge in [0, 0.05) is 30.5 Å². The average Bonchev–Trinajstić information content (AvgIpc) is 3.35. The molecule has 1 fully saturated rings. The number of rotatable bonds is 3. The molecule has 0 aromatic heterocycles. The zero-order valence-corrected chi connectivity index (χ0v) is 14.8. The van der Waals surface area contributed by atoms with Crippen LogP contribution in [0.4, 0.5) is 0 Å². The third kappa shape index (κ3) is 2.75. The largest absolute Gasteiger partial charge is 0.487 e. The lowest BCUT2D eigenvalue weighted by Gasteiger charge is -2.10. The van der Waals surface area contributed by atoms with Crippen molar-refractivity contribution in [2.75, 3.05) is 6.61 Å². The predicted molar refractivity (Wildman–Crippen MR) is 99.4 cm³/mol. The molecule has 136 valence electrons. The summed E-state index contributed by atoms with van der Waals surface area (Å²) in [4.78, 5) is 24.1. The van der Waals surface area contributed by atoms with Crippen LogP contribution < -0.4 is 5.32 Å². The van der Waals surface area contributed by atoms with Gasteiger partial charge in [0.15, 0.2) is 5.78 Å². The Morgan fingerprint density at radius 3 is 2.74 bits per heavy atom. The molecule has 2 heterocycles. The van der Waals surface area contributed by atoms with Gasteiger partial charge in [0.1, 0.15) is 18.4 Å². The molecule has 2 aromatic carbocycles. The van der Waals surface area contributed by atoms with E-state index in [-0.39, 0.29) is 17.8 Å². The molecule has 0 amide bonds. The van der Waals surface area contributed by atoms with E-state index in [0.717, 1.165) is 27.8 Å². The van der Waals surface area contributed by atoms with E-state index >= 15 is 0 Å². The molecule has 0 bridgehead atoms. The molecule has 0 spiro atoms. The Morgan fingerprint density at radius 2 is 1.89 bits per heavy atom. The van der Waals surface area contributed by atoms with Crippen LogP contribution in [0.3, 0.4) is 0 Å². The van der Waals surface area contributed by atoms with E-state index in [1.54, 1.807) is 0 Å². The number of fused-ring (bicyclic) bond motifs is 2. The van der Waals surface area contributed by atoms with Crippen LogP contribution in [0.25, 0.3) is 11.3 Å². The number of ketones is 1. The number of nitrogens with one attached hydrogen (secondary N) is 1. The van der Waals surface area contributed by atoms with Gasteiger partial charge >= 0.3 is 5.97 Å². The first-order chi connectivity index (χ1) is 13.2. The third-order valence-corrected chi connectivity index (χ3v) is 5.42. The molecule has 0 saturated carbocycles. The van der Waals surface area contributed by atoms with Gasteiger partial charge in [-0.3, -0.25) is 9.59 Å². The highest BCUT2D eigenvalue weighted by molar-refractivity contribution is 6.31. The second-order valence-electron chi connectivity index (χ2n) is 7.13. The van der Waals surface area contributed by atoms with Crippen molar-refractivity contribution in [3.8, 4) is 0 Å². The van der Waals surface area contributed by atoms with Crippen LogP contribution in [-0.2, 0) is 38.6 Å². The van der Waals surface area contributed by atoms with Crippen LogP contribution in [-0.4, -0.2) is 24.4 Å². The fraction of sp³-hybridized carbons (Fsp3) is 0.273. The van der Waals surface area contributed by atoms with Crippen molar-refractivity contribution in [3.63, 3.8) is 0 Å². The highest BCUT2D eigenvalue weighted by Gasteiger charge is 2.32. The number of esters is 1. The van der Waals surface area contributed by atoms with Gasteiger partial charge < -0.3 is 14.8 Å². The molecular formula is C22H19NO4. The van der Waals surface area contributed by atoms with Crippen LogP contribution >= 0.6 is 0 Å². The number of ether oxygens (including phenoxy) is 2. The summed E-state index contributed by atoms with van der Waals surface area (Å²) in [5, 5.41) is 3.24. The van der Waals surface area contributed by atoms with Gasteiger partial charge in [0.25, 0.3) is 0 Å². The molecule has 1 N–H and O–H groups in total. The summed E-state index contributed by atoms with van der Waals surface area (Å²) >= 11 is 0. The molecule has 1 unspecified atom stereocenters. The Bertz CT molecular complexity index is 992. The molecule has 2 aliphatic heterocycles. The molecule has 5 nitrogen and oxygen atoms in total. The van der Waals surface area contributed by atoms with Crippen molar-refractivity contribution >= 4 is 23.1 Å². The highest BCUT2D eigenvalue weighted by atomic mass is 16.5. The number of carbonyl (C=O) groups excluding carboxylic acids is 2. The third-order valence-electron chi connectivity index (χ3n) is 5.42. The lowest BCUT2D eigenvalue weighted by atomic mass is 9.99. The topological polar surface area (TPSA) is 64.6 Å². The number of hydrogen-bond donors (Lipinski definition) is 1. The number of hydrogen-bond acceptors (Lipinski definition) is 5. The number of Topliss-reactive ketones (excluding diaryl/α,β-unsaturated/α-hetero) is 1. The van der Waals surface area contributed by atoms with Crippen molar-refractivity contribution in [3.05, 3.63) is 70.3 Å². The van der Waals surface area contributed by atoms with Crippen LogP contribution in [0, 0.1) is 0 Å². The standard InChI is InChI=1S/C22H19NO4/c24-19-10-14-3-1-2-4-16(14)20(19)21-17-6-5-13(9-15(17)12-27-21)11-23-18-7-8-26-22(18)25/h1-6,9,18,23H,7-8,10-12H2/b21-20+. The minimum absolute atomic E-state index is 0.115. The van der Waals surface area contributed by atoms with E-state index in [4.69, 9.17) is 9.47 Å². The van der Waals surface area contributed by atoms with Crippen LogP contribution in [0.1, 0.15) is 34.2 Å².